The van der Waals surface area contributed by atoms with Crippen LogP contribution in [0.15, 0.2) is 30.8 Å². The van der Waals surface area contributed by atoms with Crippen LogP contribution in [0.25, 0.3) is 6.08 Å². The molecule has 3 atom stereocenters. The maximum absolute atomic E-state index is 14.2. The molecule has 4 amide bonds. The fourth-order valence-corrected chi connectivity index (χ4v) is 4.00. The van der Waals surface area contributed by atoms with Gasteiger partial charge in [-0.05, 0) is 77.5 Å². The number of nitrogens with one attached hydrogen (secondary N) is 2. The van der Waals surface area contributed by atoms with Crippen LogP contribution in [-0.2, 0) is 19.1 Å². The zero-order chi connectivity index (χ0) is 29.2. The molecule has 0 fully saturated rings. The number of carbonyl (C=O) groups is 4. The van der Waals surface area contributed by atoms with Gasteiger partial charge < -0.3 is 26.0 Å². The predicted octanol–water partition coefficient (Wildman–Crippen LogP) is 4.32. The first-order chi connectivity index (χ1) is 17.5. The van der Waals surface area contributed by atoms with Gasteiger partial charge in [0.1, 0.15) is 17.7 Å². The van der Waals surface area contributed by atoms with E-state index in [9.17, 15) is 19.2 Å². The molecule has 0 radical (unpaired) electrons. The third-order valence-corrected chi connectivity index (χ3v) is 5.71. The average Bonchev–Trinajstić information content (AvgIpc) is 2.77. The van der Waals surface area contributed by atoms with Crippen molar-refractivity contribution in [1.82, 2.24) is 15.5 Å². The number of rotatable bonds is 13. The average molecular weight is 531 g/mol. The lowest BCUT2D eigenvalue weighted by Gasteiger charge is -2.39. The Morgan fingerprint density at radius 2 is 1.68 bits per heavy atom. The molecule has 4 N–H and O–H groups in total. The Morgan fingerprint density at radius 3 is 2.18 bits per heavy atom. The van der Waals surface area contributed by atoms with E-state index < -0.39 is 48.1 Å². The first kappa shape index (κ1) is 32.7. The van der Waals surface area contributed by atoms with Crippen LogP contribution < -0.4 is 16.4 Å². The third-order valence-electron chi connectivity index (χ3n) is 5.71. The van der Waals surface area contributed by atoms with E-state index in [1.165, 1.54) is 4.90 Å². The summed E-state index contributed by atoms with van der Waals surface area (Å²) >= 11 is 0. The van der Waals surface area contributed by atoms with Crippen molar-refractivity contribution < 1.29 is 23.9 Å². The summed E-state index contributed by atoms with van der Waals surface area (Å²) in [5.41, 5.74) is 6.02. The number of hydrogen-bond donors (Lipinski definition) is 3. The summed E-state index contributed by atoms with van der Waals surface area (Å²) < 4.78 is 5.33. The van der Waals surface area contributed by atoms with Gasteiger partial charge in [0.2, 0.25) is 17.7 Å². The fraction of sp³-hybridized carbons (Fsp3) is 0.586. The van der Waals surface area contributed by atoms with Crippen LogP contribution in [-0.4, -0.2) is 52.4 Å². The Kier molecular flexibility index (Phi) is 12.5. The van der Waals surface area contributed by atoms with E-state index in [0.717, 1.165) is 12.0 Å². The van der Waals surface area contributed by atoms with Crippen molar-refractivity contribution in [3.8, 4) is 0 Å². The zero-order valence-corrected chi connectivity index (χ0v) is 24.2. The Balaban J connectivity index is 3.67. The van der Waals surface area contributed by atoms with Crippen molar-refractivity contribution in [2.24, 2.45) is 11.7 Å². The molecule has 0 bridgehead atoms. The van der Waals surface area contributed by atoms with E-state index >= 15 is 0 Å². The van der Waals surface area contributed by atoms with Crippen LogP contribution in [0.3, 0.4) is 0 Å². The number of primary amides is 1. The number of nitrogens with two attached hydrogens (primary N) is 1. The van der Waals surface area contributed by atoms with E-state index in [0.29, 0.717) is 17.9 Å². The number of alkyl carbamates (subject to hydrolysis) is 1. The lowest BCUT2D eigenvalue weighted by Crippen LogP contribution is -2.56. The molecule has 1 rings (SSSR count). The second kappa shape index (κ2) is 14.5. The molecular formula is C29H46N4O5. The van der Waals surface area contributed by atoms with E-state index in [1.54, 1.807) is 45.0 Å². The van der Waals surface area contributed by atoms with Crippen molar-refractivity contribution in [1.29, 1.82) is 0 Å². The number of nitrogens with zero attached hydrogens (tertiary/aromatic N) is 1. The molecule has 0 saturated heterocycles. The van der Waals surface area contributed by atoms with Crippen molar-refractivity contribution >= 4 is 29.9 Å². The summed E-state index contributed by atoms with van der Waals surface area (Å²) in [5, 5.41) is 5.44. The summed E-state index contributed by atoms with van der Waals surface area (Å²) in [5.74, 6) is -1.38. The van der Waals surface area contributed by atoms with Crippen LogP contribution in [0, 0.1) is 5.92 Å². The number of carbonyl (C=O) groups excluding carboxylic acids is 4. The molecule has 1 aromatic carbocycles. The van der Waals surface area contributed by atoms with Gasteiger partial charge >= 0.3 is 6.09 Å². The highest BCUT2D eigenvalue weighted by Crippen LogP contribution is 2.29. The summed E-state index contributed by atoms with van der Waals surface area (Å²) in [4.78, 5) is 53.9. The van der Waals surface area contributed by atoms with Crippen molar-refractivity contribution in [3.05, 3.63) is 42.0 Å². The van der Waals surface area contributed by atoms with Crippen LogP contribution >= 0.6 is 0 Å². The first-order valence-electron chi connectivity index (χ1n) is 13.2. The molecule has 0 heterocycles. The monoisotopic (exact) mass is 530 g/mol. The summed E-state index contributed by atoms with van der Waals surface area (Å²) in [6.45, 7) is 18.6. The van der Waals surface area contributed by atoms with Gasteiger partial charge in [-0.15, -0.1) is 0 Å². The molecule has 212 valence electrons. The maximum Gasteiger partial charge on any atom is 0.408 e. The van der Waals surface area contributed by atoms with Gasteiger partial charge in [-0.25, -0.2) is 4.79 Å². The minimum Gasteiger partial charge on any atom is -0.444 e. The molecular weight excluding hydrogens is 484 g/mol. The highest BCUT2D eigenvalue weighted by Gasteiger charge is 2.39. The minimum absolute atomic E-state index is 0.184. The first-order valence-corrected chi connectivity index (χ1v) is 13.2. The zero-order valence-electron chi connectivity index (χ0n) is 24.2. The molecule has 0 aliphatic heterocycles. The molecule has 9 nitrogen and oxygen atoms in total. The summed E-state index contributed by atoms with van der Waals surface area (Å²) in [6.07, 6.45) is 1.76. The van der Waals surface area contributed by atoms with Crippen LogP contribution in [0.2, 0.25) is 0 Å². The van der Waals surface area contributed by atoms with Gasteiger partial charge in [-0.2, -0.15) is 0 Å². The van der Waals surface area contributed by atoms with Gasteiger partial charge in [0.05, 0.1) is 6.42 Å². The molecule has 9 heteroatoms. The second-order valence-electron chi connectivity index (χ2n) is 11.4. The summed E-state index contributed by atoms with van der Waals surface area (Å²) in [7, 11) is 0. The molecule has 0 saturated carbocycles. The SMILES string of the molecule is C=Cc1cccc(C(C(=O)NC(C)C)N(C(=O)C(CC(N)=O)NC(=O)OC(C)(C)C)C(C)CCC(C)C)c1. The Hall–Kier alpha value is -3.36. The quantitative estimate of drug-likeness (QED) is 0.350. The third kappa shape index (κ3) is 10.9. The largest absolute Gasteiger partial charge is 0.444 e. The maximum atomic E-state index is 14.2. The summed E-state index contributed by atoms with van der Waals surface area (Å²) in [6, 6.07) is 4.29. The molecule has 1 aromatic rings. The number of hydrogen-bond acceptors (Lipinski definition) is 5. The molecule has 0 spiro atoms. The Morgan fingerprint density at radius 1 is 1.05 bits per heavy atom. The van der Waals surface area contributed by atoms with E-state index in [-0.39, 0.29) is 11.9 Å². The molecule has 38 heavy (non-hydrogen) atoms. The van der Waals surface area contributed by atoms with Gasteiger partial charge in [0, 0.05) is 12.1 Å². The second-order valence-corrected chi connectivity index (χ2v) is 11.4. The van der Waals surface area contributed by atoms with E-state index in [4.69, 9.17) is 10.5 Å². The van der Waals surface area contributed by atoms with Gasteiger partial charge in [0.25, 0.3) is 0 Å². The smallest absolute Gasteiger partial charge is 0.408 e. The van der Waals surface area contributed by atoms with E-state index in [2.05, 4.69) is 31.1 Å². The lowest BCUT2D eigenvalue weighted by molar-refractivity contribution is -0.146. The number of amides is 4. The van der Waals surface area contributed by atoms with Gasteiger partial charge in [-0.1, -0.05) is 44.7 Å². The highest BCUT2D eigenvalue weighted by atomic mass is 16.6. The van der Waals surface area contributed by atoms with Gasteiger partial charge in [-0.3, -0.25) is 14.4 Å². The molecule has 0 aliphatic rings. The Bertz CT molecular complexity index is 983. The Labute approximate surface area is 227 Å². The van der Waals surface area contributed by atoms with Crippen LogP contribution in [0.5, 0.6) is 0 Å². The number of ether oxygens (including phenoxy) is 1. The fourth-order valence-electron chi connectivity index (χ4n) is 4.00. The normalized spacial score (nSPS) is 13.8. The van der Waals surface area contributed by atoms with Crippen molar-refractivity contribution in [3.63, 3.8) is 0 Å². The van der Waals surface area contributed by atoms with Gasteiger partial charge in [0.15, 0.2) is 0 Å². The minimum atomic E-state index is -1.32. The van der Waals surface area contributed by atoms with E-state index in [1.807, 2.05) is 26.8 Å². The van der Waals surface area contributed by atoms with Crippen LogP contribution in [0.1, 0.15) is 91.8 Å². The standard InChI is InChI=1S/C29H46N4O5/c1-10-21-12-11-13-22(16-21)25(26(35)31-19(4)5)33(20(6)15-14-18(2)3)27(36)23(17-24(30)34)32-28(37)38-29(7,8)9/h10-13,16,18-20,23,25H,1,14-15,17H2,2-9H3,(H2,30,34)(H,31,35)(H,32,37). The molecule has 0 aromatic heterocycles. The van der Waals surface area contributed by atoms with Crippen molar-refractivity contribution in [2.45, 2.75) is 104 Å². The highest BCUT2D eigenvalue weighted by molar-refractivity contribution is 5.94. The lowest BCUT2D eigenvalue weighted by atomic mass is 9.95. The van der Waals surface area contributed by atoms with Crippen molar-refractivity contribution in [2.75, 3.05) is 0 Å². The number of benzene rings is 1. The molecule has 0 aliphatic carbocycles. The van der Waals surface area contributed by atoms with Crippen LogP contribution in [0.4, 0.5) is 4.79 Å². The topological polar surface area (TPSA) is 131 Å². The predicted molar refractivity (Wildman–Crippen MR) is 150 cm³/mol. The molecule has 3 unspecified atom stereocenters.